The van der Waals surface area contributed by atoms with Gasteiger partial charge in [0.2, 0.25) is 23.0 Å². The van der Waals surface area contributed by atoms with Gasteiger partial charge in [0.1, 0.15) is 11.8 Å². The van der Waals surface area contributed by atoms with Gasteiger partial charge in [-0.05, 0) is 84.4 Å². The molecular formula is C37H44N4O7S. The second-order valence-corrected chi connectivity index (χ2v) is 12.8. The Bertz CT molecular complexity index is 1890. The van der Waals surface area contributed by atoms with Gasteiger partial charge in [-0.2, -0.15) is 11.8 Å². The molecule has 12 heteroatoms. The van der Waals surface area contributed by atoms with Gasteiger partial charge in [0.05, 0.1) is 45.7 Å². The van der Waals surface area contributed by atoms with Crippen LogP contribution in [0.1, 0.15) is 36.9 Å². The lowest BCUT2D eigenvalue weighted by Gasteiger charge is -2.19. The SMILES string of the molecule is COc1cc2c(c(OC)c1OC)-c1ccc(NC(CCSC)C(=O)NCCn3ccc4c(OC)cccc43)c(=O)cc1C(NC(C)=O)CC2. The summed E-state index contributed by atoms with van der Waals surface area (Å²) in [4.78, 5) is 39.8. The molecule has 0 aliphatic heterocycles. The first kappa shape index (κ1) is 35.5. The van der Waals surface area contributed by atoms with Crippen molar-refractivity contribution in [2.24, 2.45) is 0 Å². The monoisotopic (exact) mass is 688 g/mol. The number of aryl methyl sites for hydroxylation is 1. The predicted molar refractivity (Wildman–Crippen MR) is 195 cm³/mol. The van der Waals surface area contributed by atoms with Crippen LogP contribution < -0.4 is 40.3 Å². The highest BCUT2D eigenvalue weighted by Gasteiger charge is 2.30. The second-order valence-electron chi connectivity index (χ2n) is 11.8. The molecule has 3 N–H and O–H groups in total. The van der Waals surface area contributed by atoms with E-state index in [-0.39, 0.29) is 22.9 Å². The first-order valence-corrected chi connectivity index (χ1v) is 17.6. The summed E-state index contributed by atoms with van der Waals surface area (Å²) in [6, 6.07) is 13.8. The molecule has 0 bridgehead atoms. The Morgan fingerprint density at radius 2 is 1.76 bits per heavy atom. The topological polar surface area (TPSA) is 129 Å². The summed E-state index contributed by atoms with van der Waals surface area (Å²) in [5, 5.41) is 10.3. The lowest BCUT2D eigenvalue weighted by atomic mass is 9.95. The maximum atomic E-state index is 13.9. The number of carbonyl (C=O) groups excluding carboxylic acids is 2. The van der Waals surface area contributed by atoms with Gasteiger partial charge in [0.25, 0.3) is 0 Å². The van der Waals surface area contributed by atoms with E-state index in [0.717, 1.165) is 33.3 Å². The Morgan fingerprint density at radius 3 is 2.45 bits per heavy atom. The molecule has 49 heavy (non-hydrogen) atoms. The summed E-state index contributed by atoms with van der Waals surface area (Å²) >= 11 is 1.63. The predicted octanol–water partition coefficient (Wildman–Crippen LogP) is 5.18. The Morgan fingerprint density at radius 1 is 0.980 bits per heavy atom. The van der Waals surface area contributed by atoms with Crippen molar-refractivity contribution in [1.29, 1.82) is 0 Å². The fourth-order valence-electron chi connectivity index (χ4n) is 6.51. The summed E-state index contributed by atoms with van der Waals surface area (Å²) in [5.74, 6) is 2.54. The Hall–Kier alpha value is -4.84. The fourth-order valence-corrected chi connectivity index (χ4v) is 6.98. The van der Waals surface area contributed by atoms with Crippen molar-refractivity contribution in [2.45, 2.75) is 44.8 Å². The van der Waals surface area contributed by atoms with Crippen LogP contribution in [0.2, 0.25) is 0 Å². The smallest absolute Gasteiger partial charge is 0.242 e. The molecule has 2 unspecified atom stereocenters. The van der Waals surface area contributed by atoms with Crippen LogP contribution in [0.25, 0.3) is 22.0 Å². The fraction of sp³-hybridized carbons (Fsp3) is 0.378. The largest absolute Gasteiger partial charge is 0.496 e. The average Bonchev–Trinajstić information content (AvgIpc) is 3.38. The standard InChI is InChI=1S/C37H44N4O7S/c1-22(42)39-27-12-10-23-20-33(46-3)35(47-4)36(48-5)34(23)24-11-13-28(31(43)21-26(24)27)40-29(15-19-49-6)37(44)38-16-18-41-17-14-25-30(41)8-7-9-32(25)45-2/h7-9,11,13-14,17,20-21,27,29H,10,12,15-16,18-19H2,1-6H3,(H,38,44)(H,39,42)(H,40,43). The van der Waals surface area contributed by atoms with Crippen LogP contribution in [0.4, 0.5) is 5.69 Å². The van der Waals surface area contributed by atoms with Gasteiger partial charge in [-0.1, -0.05) is 12.1 Å². The molecule has 1 heterocycles. The van der Waals surface area contributed by atoms with Crippen LogP contribution in [0.3, 0.4) is 0 Å². The third-order valence-electron chi connectivity index (χ3n) is 8.82. The van der Waals surface area contributed by atoms with E-state index in [1.165, 1.54) is 6.92 Å². The van der Waals surface area contributed by atoms with Crippen molar-refractivity contribution in [3.8, 4) is 34.1 Å². The van der Waals surface area contributed by atoms with Crippen molar-refractivity contribution in [3.05, 3.63) is 76.1 Å². The number of hydrogen-bond donors (Lipinski definition) is 3. The molecule has 2 amide bonds. The maximum absolute atomic E-state index is 13.9. The van der Waals surface area contributed by atoms with E-state index in [1.54, 1.807) is 52.3 Å². The first-order valence-electron chi connectivity index (χ1n) is 16.2. The number of aromatic nitrogens is 1. The number of methoxy groups -OCH3 is 4. The zero-order valence-corrected chi connectivity index (χ0v) is 29.6. The van der Waals surface area contributed by atoms with Gasteiger partial charge in [-0.3, -0.25) is 14.4 Å². The third kappa shape index (κ3) is 7.59. The lowest BCUT2D eigenvalue weighted by Crippen LogP contribution is -2.42. The minimum Gasteiger partial charge on any atom is -0.496 e. The van der Waals surface area contributed by atoms with Crippen molar-refractivity contribution >= 4 is 40.2 Å². The molecule has 1 aromatic heterocycles. The summed E-state index contributed by atoms with van der Waals surface area (Å²) < 4.78 is 24.8. The summed E-state index contributed by atoms with van der Waals surface area (Å²) in [6.45, 7) is 2.43. The van der Waals surface area contributed by atoms with Crippen molar-refractivity contribution in [1.82, 2.24) is 15.2 Å². The highest BCUT2D eigenvalue weighted by atomic mass is 32.2. The van der Waals surface area contributed by atoms with Crippen LogP contribution in [0.15, 0.2) is 59.5 Å². The number of carbonyl (C=O) groups is 2. The molecule has 0 radical (unpaired) electrons. The highest BCUT2D eigenvalue weighted by molar-refractivity contribution is 7.98. The zero-order valence-electron chi connectivity index (χ0n) is 28.8. The number of fused-ring (bicyclic) bond motifs is 4. The quantitative estimate of drug-likeness (QED) is 0.164. The summed E-state index contributed by atoms with van der Waals surface area (Å²) in [6.07, 6.45) is 5.62. The molecule has 0 fully saturated rings. The van der Waals surface area contributed by atoms with Gasteiger partial charge in [0, 0.05) is 37.2 Å². The third-order valence-corrected chi connectivity index (χ3v) is 9.46. The number of nitrogens with one attached hydrogen (secondary N) is 3. The Labute approximate surface area is 290 Å². The molecular weight excluding hydrogens is 644 g/mol. The number of benzene rings is 2. The van der Waals surface area contributed by atoms with Gasteiger partial charge < -0.3 is 39.5 Å². The second kappa shape index (κ2) is 16.0. The van der Waals surface area contributed by atoms with Crippen LogP contribution in [-0.2, 0) is 22.6 Å². The molecule has 1 aliphatic carbocycles. The zero-order chi connectivity index (χ0) is 35.1. The van der Waals surface area contributed by atoms with E-state index < -0.39 is 12.1 Å². The van der Waals surface area contributed by atoms with Gasteiger partial charge in [0.15, 0.2) is 11.5 Å². The maximum Gasteiger partial charge on any atom is 0.242 e. The van der Waals surface area contributed by atoms with Gasteiger partial charge >= 0.3 is 0 Å². The van der Waals surface area contributed by atoms with Crippen LogP contribution in [0, 0.1) is 0 Å². The summed E-state index contributed by atoms with van der Waals surface area (Å²) in [5.41, 5.74) is 4.06. The molecule has 0 saturated carbocycles. The average molecular weight is 689 g/mol. The van der Waals surface area contributed by atoms with Gasteiger partial charge in [-0.15, -0.1) is 0 Å². The molecule has 0 saturated heterocycles. The number of rotatable bonds is 14. The van der Waals surface area contributed by atoms with Crippen molar-refractivity contribution < 1.29 is 28.5 Å². The summed E-state index contributed by atoms with van der Waals surface area (Å²) in [7, 11) is 6.33. The number of anilines is 1. The van der Waals surface area contributed by atoms with Crippen molar-refractivity contribution in [3.63, 3.8) is 0 Å². The van der Waals surface area contributed by atoms with E-state index in [0.29, 0.717) is 60.9 Å². The molecule has 5 rings (SSSR count). The number of nitrogens with zero attached hydrogens (tertiary/aromatic N) is 1. The van der Waals surface area contributed by atoms with E-state index in [4.69, 9.17) is 18.9 Å². The van der Waals surface area contributed by atoms with E-state index >= 15 is 0 Å². The van der Waals surface area contributed by atoms with Crippen LogP contribution in [0.5, 0.6) is 23.0 Å². The minimum atomic E-state index is -0.652. The number of hydrogen-bond acceptors (Lipinski definition) is 9. The number of thioether (sulfide) groups is 1. The molecule has 4 aromatic rings. The normalized spacial score (nSPS) is 14.1. The Kier molecular flexibility index (Phi) is 11.6. The first-order chi connectivity index (χ1) is 23.7. The van der Waals surface area contributed by atoms with Crippen molar-refractivity contribution in [2.75, 3.05) is 52.3 Å². The highest BCUT2D eigenvalue weighted by Crippen LogP contribution is 2.50. The van der Waals surface area contributed by atoms with E-state index in [9.17, 15) is 14.4 Å². The molecule has 260 valence electrons. The molecule has 3 aromatic carbocycles. The molecule has 0 spiro atoms. The van der Waals surface area contributed by atoms with Crippen LogP contribution >= 0.6 is 11.8 Å². The Balaban J connectivity index is 1.47. The van der Waals surface area contributed by atoms with E-state index in [1.807, 2.05) is 48.9 Å². The van der Waals surface area contributed by atoms with Gasteiger partial charge in [-0.25, -0.2) is 0 Å². The minimum absolute atomic E-state index is 0.199. The lowest BCUT2D eigenvalue weighted by molar-refractivity contribution is -0.122. The van der Waals surface area contributed by atoms with Crippen LogP contribution in [-0.4, -0.2) is 69.4 Å². The number of amides is 2. The number of ether oxygens (including phenoxy) is 4. The molecule has 11 nitrogen and oxygen atoms in total. The molecule has 2 atom stereocenters. The van der Waals surface area contributed by atoms with E-state index in [2.05, 4.69) is 20.5 Å². The molecule has 1 aliphatic rings.